The van der Waals surface area contributed by atoms with Crippen molar-refractivity contribution in [2.45, 2.75) is 57.3 Å². The van der Waals surface area contributed by atoms with Gasteiger partial charge in [-0.1, -0.05) is 44.2 Å². The molecule has 0 aromatic heterocycles. The Kier molecular flexibility index (Phi) is 2.89. The lowest BCUT2D eigenvalue weighted by atomic mass is 9.61. The highest BCUT2D eigenvalue weighted by molar-refractivity contribution is 6.01. The monoisotopic (exact) mass is 280 g/mol. The minimum absolute atomic E-state index is 0.270. The van der Waals surface area contributed by atoms with Gasteiger partial charge in [0.2, 0.25) is 0 Å². The van der Waals surface area contributed by atoms with Crippen LogP contribution in [-0.2, 0) is 5.41 Å². The number of hydrogen-bond acceptors (Lipinski definition) is 1. The highest BCUT2D eigenvalue weighted by Crippen LogP contribution is 2.58. The topological polar surface area (TPSA) is 17.1 Å². The van der Waals surface area contributed by atoms with Crippen LogP contribution in [0.2, 0.25) is 0 Å². The fourth-order valence-electron chi connectivity index (χ4n) is 5.08. The van der Waals surface area contributed by atoms with Crippen LogP contribution in [0.5, 0.6) is 0 Å². The number of allylic oxidation sites excluding steroid dienone is 2. The minimum atomic E-state index is 0.270. The molecular weight excluding hydrogens is 256 g/mol. The number of carbonyl (C=O) groups is 1. The third-order valence-electron chi connectivity index (χ3n) is 6.36. The molecule has 3 aliphatic rings. The van der Waals surface area contributed by atoms with Gasteiger partial charge in [-0.05, 0) is 54.6 Å². The van der Waals surface area contributed by atoms with Crippen LogP contribution in [0, 0.1) is 11.8 Å². The van der Waals surface area contributed by atoms with Crippen molar-refractivity contribution < 1.29 is 4.79 Å². The van der Waals surface area contributed by atoms with Gasteiger partial charge < -0.3 is 0 Å². The summed E-state index contributed by atoms with van der Waals surface area (Å²) < 4.78 is 0. The smallest absolute Gasteiger partial charge is 0.163 e. The van der Waals surface area contributed by atoms with Crippen LogP contribution >= 0.6 is 0 Å². The van der Waals surface area contributed by atoms with Crippen molar-refractivity contribution in [2.75, 3.05) is 0 Å². The van der Waals surface area contributed by atoms with Crippen molar-refractivity contribution in [2.24, 2.45) is 11.8 Å². The maximum Gasteiger partial charge on any atom is 0.163 e. The third-order valence-corrected chi connectivity index (χ3v) is 6.36. The molecule has 1 fully saturated rings. The molecule has 0 amide bonds. The number of fused-ring (bicyclic) bond motifs is 5. The molecule has 0 radical (unpaired) electrons. The van der Waals surface area contributed by atoms with Crippen molar-refractivity contribution in [1.82, 2.24) is 0 Å². The third kappa shape index (κ3) is 1.73. The maximum absolute atomic E-state index is 12.7. The first-order valence-corrected chi connectivity index (χ1v) is 8.50. The molecule has 0 N–H and O–H groups in total. The van der Waals surface area contributed by atoms with Gasteiger partial charge in [0.05, 0.1) is 0 Å². The average Bonchev–Trinajstić information content (AvgIpc) is 3.11. The predicted molar refractivity (Wildman–Crippen MR) is 85.7 cm³/mol. The summed E-state index contributed by atoms with van der Waals surface area (Å²) in [6.45, 7) is 4.47. The standard InChI is InChI=1S/C20H24O/c1-3-13(2)16-5-4-6-17-19(16)18(21)9-10-20(17)12-14-7-8-15(20)11-14/h4-8,13-15H,3,9-12H2,1-2H3. The van der Waals surface area contributed by atoms with Crippen molar-refractivity contribution in [3.05, 3.63) is 47.0 Å². The van der Waals surface area contributed by atoms with Gasteiger partial charge in [-0.25, -0.2) is 0 Å². The van der Waals surface area contributed by atoms with Crippen molar-refractivity contribution in [3.8, 4) is 0 Å². The Morgan fingerprint density at radius 3 is 2.86 bits per heavy atom. The number of ketones is 1. The van der Waals surface area contributed by atoms with E-state index in [2.05, 4.69) is 44.2 Å². The first-order valence-electron chi connectivity index (χ1n) is 8.50. The molecule has 1 nitrogen and oxygen atoms in total. The number of hydrogen-bond donors (Lipinski definition) is 0. The van der Waals surface area contributed by atoms with E-state index < -0.39 is 0 Å². The second kappa shape index (κ2) is 4.56. The highest BCUT2D eigenvalue weighted by atomic mass is 16.1. The van der Waals surface area contributed by atoms with Crippen LogP contribution < -0.4 is 0 Å². The van der Waals surface area contributed by atoms with Gasteiger partial charge in [0.1, 0.15) is 0 Å². The Bertz CT molecular complexity index is 627. The van der Waals surface area contributed by atoms with Gasteiger partial charge in [0.15, 0.2) is 5.78 Å². The second-order valence-corrected chi connectivity index (χ2v) is 7.35. The summed E-state index contributed by atoms with van der Waals surface area (Å²) in [6.07, 6.45) is 10.3. The lowest BCUT2D eigenvalue weighted by Crippen LogP contribution is -2.37. The number of benzene rings is 1. The molecule has 1 aromatic rings. The second-order valence-electron chi connectivity index (χ2n) is 7.35. The molecule has 4 unspecified atom stereocenters. The molecule has 0 heterocycles. The Hall–Kier alpha value is -1.37. The molecule has 21 heavy (non-hydrogen) atoms. The zero-order valence-corrected chi connectivity index (χ0v) is 13.1. The van der Waals surface area contributed by atoms with E-state index in [9.17, 15) is 4.79 Å². The summed E-state index contributed by atoms with van der Waals surface area (Å²) in [7, 11) is 0. The lowest BCUT2D eigenvalue weighted by Gasteiger charge is -2.41. The summed E-state index contributed by atoms with van der Waals surface area (Å²) in [5, 5.41) is 0. The molecule has 1 aromatic carbocycles. The summed E-state index contributed by atoms with van der Waals surface area (Å²) in [6, 6.07) is 6.64. The molecule has 110 valence electrons. The highest BCUT2D eigenvalue weighted by Gasteiger charge is 2.52. The maximum atomic E-state index is 12.7. The van der Waals surface area contributed by atoms with E-state index in [0.717, 1.165) is 30.7 Å². The quantitative estimate of drug-likeness (QED) is 0.696. The summed E-state index contributed by atoms with van der Waals surface area (Å²) in [4.78, 5) is 12.7. The Labute approximate surface area is 127 Å². The summed E-state index contributed by atoms with van der Waals surface area (Å²) in [5.74, 6) is 2.29. The fraction of sp³-hybridized carbons (Fsp3) is 0.550. The summed E-state index contributed by atoms with van der Waals surface area (Å²) in [5.41, 5.74) is 4.05. The van der Waals surface area contributed by atoms with Crippen LogP contribution in [0.25, 0.3) is 0 Å². The van der Waals surface area contributed by atoms with E-state index in [4.69, 9.17) is 0 Å². The molecule has 1 heteroatoms. The molecule has 3 aliphatic carbocycles. The Balaban J connectivity index is 1.90. The summed E-state index contributed by atoms with van der Waals surface area (Å²) >= 11 is 0. The van der Waals surface area contributed by atoms with Gasteiger partial charge in [-0.3, -0.25) is 4.79 Å². The number of Topliss-reactive ketones (excluding diaryl/α,β-unsaturated/α-hetero) is 1. The normalized spacial score (nSPS) is 34.5. The zero-order valence-electron chi connectivity index (χ0n) is 13.1. The van der Waals surface area contributed by atoms with E-state index in [1.807, 2.05) is 0 Å². The SMILES string of the molecule is CCC(C)c1cccc2c1C(=O)CCC21CC2C=CC1C2. The van der Waals surface area contributed by atoms with E-state index in [1.165, 1.54) is 24.0 Å². The minimum Gasteiger partial charge on any atom is -0.294 e. The van der Waals surface area contributed by atoms with Crippen molar-refractivity contribution in [1.29, 1.82) is 0 Å². The molecule has 0 saturated heterocycles. The fourth-order valence-corrected chi connectivity index (χ4v) is 5.08. The van der Waals surface area contributed by atoms with Crippen LogP contribution in [-0.4, -0.2) is 5.78 Å². The average molecular weight is 280 g/mol. The molecule has 4 rings (SSSR count). The predicted octanol–water partition coefficient (Wildman–Crippen LogP) is 5.01. The van der Waals surface area contributed by atoms with Crippen LogP contribution in [0.4, 0.5) is 0 Å². The van der Waals surface area contributed by atoms with E-state index in [1.54, 1.807) is 0 Å². The Morgan fingerprint density at radius 1 is 1.33 bits per heavy atom. The van der Waals surface area contributed by atoms with Crippen LogP contribution in [0.1, 0.15) is 73.4 Å². The molecular formula is C20H24O. The van der Waals surface area contributed by atoms with Crippen molar-refractivity contribution >= 4 is 5.78 Å². The molecule has 1 saturated carbocycles. The van der Waals surface area contributed by atoms with Gasteiger partial charge in [-0.15, -0.1) is 0 Å². The lowest BCUT2D eigenvalue weighted by molar-refractivity contribution is 0.0942. The van der Waals surface area contributed by atoms with Crippen LogP contribution in [0.15, 0.2) is 30.4 Å². The van der Waals surface area contributed by atoms with Gasteiger partial charge in [0, 0.05) is 17.4 Å². The van der Waals surface area contributed by atoms with Crippen LogP contribution in [0.3, 0.4) is 0 Å². The molecule has 2 bridgehead atoms. The molecule has 0 aliphatic heterocycles. The number of rotatable bonds is 2. The largest absolute Gasteiger partial charge is 0.294 e. The van der Waals surface area contributed by atoms with Gasteiger partial charge in [0.25, 0.3) is 0 Å². The van der Waals surface area contributed by atoms with E-state index in [-0.39, 0.29) is 5.41 Å². The Morgan fingerprint density at radius 2 is 2.19 bits per heavy atom. The molecule has 1 spiro atoms. The molecule has 4 atom stereocenters. The van der Waals surface area contributed by atoms with Gasteiger partial charge >= 0.3 is 0 Å². The first kappa shape index (κ1) is 13.3. The first-order chi connectivity index (χ1) is 10.2. The zero-order chi connectivity index (χ0) is 14.6. The van der Waals surface area contributed by atoms with Crippen molar-refractivity contribution in [3.63, 3.8) is 0 Å². The van der Waals surface area contributed by atoms with E-state index >= 15 is 0 Å². The number of carbonyl (C=O) groups excluding carboxylic acids is 1. The van der Waals surface area contributed by atoms with E-state index in [0.29, 0.717) is 17.6 Å². The van der Waals surface area contributed by atoms with Gasteiger partial charge in [-0.2, -0.15) is 0 Å².